The molecule has 26 heavy (non-hydrogen) atoms. The van der Waals surface area contributed by atoms with Crippen molar-refractivity contribution in [1.29, 1.82) is 0 Å². The molecule has 0 atom stereocenters. The van der Waals surface area contributed by atoms with Crippen molar-refractivity contribution in [2.75, 3.05) is 6.54 Å². The molecular weight excluding hydrogens is 338 g/mol. The Morgan fingerprint density at radius 2 is 1.85 bits per heavy atom. The number of benzene rings is 1. The van der Waals surface area contributed by atoms with Crippen molar-refractivity contribution in [2.45, 2.75) is 46.0 Å². The smallest absolute Gasteiger partial charge is 0.340 e. The molecule has 2 rings (SSSR count). The van der Waals surface area contributed by atoms with Gasteiger partial charge in [-0.1, -0.05) is 6.42 Å². The van der Waals surface area contributed by atoms with Crippen molar-refractivity contribution in [3.05, 3.63) is 39.2 Å². The van der Waals surface area contributed by atoms with Gasteiger partial charge in [0.1, 0.15) is 11.3 Å². The number of unbranched alkanes of at least 4 members (excludes halogenated alkanes) is 2. The molecule has 1 heterocycles. The minimum Gasteiger partial charge on any atom is -0.508 e. The summed E-state index contributed by atoms with van der Waals surface area (Å²) in [6.07, 6.45) is 2.01. The Balaban J connectivity index is 2.02. The lowest BCUT2D eigenvalue weighted by atomic mass is 10.0. The summed E-state index contributed by atoms with van der Waals surface area (Å²) in [5.74, 6) is -1.06. The molecule has 0 aliphatic rings. The Hall–Kier alpha value is -2.83. The van der Waals surface area contributed by atoms with Gasteiger partial charge in [-0.15, -0.1) is 0 Å². The molecule has 0 radical (unpaired) electrons. The summed E-state index contributed by atoms with van der Waals surface area (Å²) in [4.78, 5) is 34.8. The minimum atomic E-state index is -0.823. The van der Waals surface area contributed by atoms with E-state index in [1.807, 2.05) is 0 Å². The van der Waals surface area contributed by atoms with E-state index in [2.05, 4.69) is 5.32 Å². The first-order valence-electron chi connectivity index (χ1n) is 8.54. The van der Waals surface area contributed by atoms with E-state index in [9.17, 15) is 19.5 Å². The number of hydrogen-bond donors (Lipinski definition) is 3. The third-order valence-corrected chi connectivity index (χ3v) is 4.40. The van der Waals surface area contributed by atoms with Crippen LogP contribution in [0.5, 0.6) is 5.75 Å². The lowest BCUT2D eigenvalue weighted by Gasteiger charge is -2.10. The molecule has 140 valence electrons. The van der Waals surface area contributed by atoms with Gasteiger partial charge >= 0.3 is 11.6 Å². The van der Waals surface area contributed by atoms with E-state index >= 15 is 0 Å². The molecule has 1 aromatic heterocycles. The standard InChI is InChI=1S/C19H23NO6/c1-11-13-7-8-15(21)12(2)18(13)26-19(25)14(11)10-16(22)20-9-5-3-4-6-17(23)24/h7-8,21H,3-6,9-10H2,1-2H3,(H,20,22)(H,23,24). The van der Waals surface area contributed by atoms with Gasteiger partial charge < -0.3 is 19.9 Å². The number of aryl methyl sites for hydroxylation is 2. The number of phenolic OH excluding ortho intramolecular Hbond substituents is 1. The number of aromatic hydroxyl groups is 1. The highest BCUT2D eigenvalue weighted by Gasteiger charge is 2.16. The van der Waals surface area contributed by atoms with E-state index in [1.165, 1.54) is 6.07 Å². The molecule has 0 saturated carbocycles. The molecule has 0 aliphatic carbocycles. The van der Waals surface area contributed by atoms with Crippen molar-refractivity contribution in [3.63, 3.8) is 0 Å². The number of phenols is 1. The van der Waals surface area contributed by atoms with Crippen LogP contribution in [0.15, 0.2) is 21.3 Å². The topological polar surface area (TPSA) is 117 Å². The van der Waals surface area contributed by atoms with Gasteiger partial charge in [-0.3, -0.25) is 9.59 Å². The van der Waals surface area contributed by atoms with Crippen LogP contribution in [0, 0.1) is 13.8 Å². The summed E-state index contributed by atoms with van der Waals surface area (Å²) in [5.41, 5.74) is 1.19. The Morgan fingerprint density at radius 1 is 1.12 bits per heavy atom. The zero-order valence-corrected chi connectivity index (χ0v) is 14.9. The third-order valence-electron chi connectivity index (χ3n) is 4.40. The van der Waals surface area contributed by atoms with Gasteiger partial charge in [0.05, 0.1) is 12.0 Å². The first kappa shape index (κ1) is 19.5. The summed E-state index contributed by atoms with van der Waals surface area (Å²) in [7, 11) is 0. The SMILES string of the molecule is Cc1c(CC(=O)NCCCCCC(=O)O)c(=O)oc2c(C)c(O)ccc12. The van der Waals surface area contributed by atoms with Crippen LogP contribution in [-0.2, 0) is 16.0 Å². The van der Waals surface area contributed by atoms with Crippen molar-refractivity contribution in [1.82, 2.24) is 5.32 Å². The molecule has 0 aliphatic heterocycles. The quantitative estimate of drug-likeness (QED) is 0.491. The first-order valence-corrected chi connectivity index (χ1v) is 8.54. The number of fused-ring (bicyclic) bond motifs is 1. The number of carbonyl (C=O) groups excluding carboxylic acids is 1. The predicted octanol–water partition coefficient (Wildman–Crippen LogP) is 2.42. The zero-order chi connectivity index (χ0) is 19.3. The number of aliphatic carboxylic acids is 1. The summed E-state index contributed by atoms with van der Waals surface area (Å²) < 4.78 is 5.31. The van der Waals surface area contributed by atoms with Gasteiger partial charge in [-0.25, -0.2) is 4.79 Å². The number of carbonyl (C=O) groups is 2. The second-order valence-electron chi connectivity index (χ2n) is 6.31. The van der Waals surface area contributed by atoms with Gasteiger partial charge in [0.15, 0.2) is 0 Å². The number of rotatable bonds is 8. The first-order chi connectivity index (χ1) is 12.3. The second-order valence-corrected chi connectivity index (χ2v) is 6.31. The summed E-state index contributed by atoms with van der Waals surface area (Å²) in [5, 5.41) is 21.7. The lowest BCUT2D eigenvalue weighted by molar-refractivity contribution is -0.137. The maximum atomic E-state index is 12.2. The molecular formula is C19H23NO6. The molecule has 0 fully saturated rings. The average molecular weight is 361 g/mol. The van der Waals surface area contributed by atoms with E-state index in [1.54, 1.807) is 19.9 Å². The molecule has 1 aromatic carbocycles. The number of hydrogen-bond acceptors (Lipinski definition) is 5. The van der Waals surface area contributed by atoms with E-state index in [0.29, 0.717) is 53.5 Å². The highest BCUT2D eigenvalue weighted by atomic mass is 16.4. The maximum absolute atomic E-state index is 12.2. The van der Waals surface area contributed by atoms with Crippen LogP contribution < -0.4 is 10.9 Å². The fraction of sp³-hybridized carbons (Fsp3) is 0.421. The van der Waals surface area contributed by atoms with E-state index in [4.69, 9.17) is 9.52 Å². The number of amides is 1. The van der Waals surface area contributed by atoms with E-state index < -0.39 is 11.6 Å². The molecule has 0 spiro atoms. The van der Waals surface area contributed by atoms with Crippen LogP contribution in [0.25, 0.3) is 11.0 Å². The zero-order valence-electron chi connectivity index (χ0n) is 14.9. The van der Waals surface area contributed by atoms with E-state index in [0.717, 1.165) is 0 Å². The molecule has 7 heteroatoms. The van der Waals surface area contributed by atoms with Gasteiger partial charge in [-0.05, 0) is 44.4 Å². The number of carboxylic acids is 1. The predicted molar refractivity (Wildman–Crippen MR) is 96.4 cm³/mol. The van der Waals surface area contributed by atoms with E-state index in [-0.39, 0.29) is 24.5 Å². The van der Waals surface area contributed by atoms with Crippen LogP contribution in [-0.4, -0.2) is 28.6 Å². The minimum absolute atomic E-state index is 0.0495. The molecule has 7 nitrogen and oxygen atoms in total. The van der Waals surface area contributed by atoms with Gasteiger partial charge in [0.25, 0.3) is 0 Å². The molecule has 2 aromatic rings. The largest absolute Gasteiger partial charge is 0.508 e. The number of carboxylic acid groups (broad SMARTS) is 1. The second kappa shape index (κ2) is 8.51. The van der Waals surface area contributed by atoms with Crippen molar-refractivity contribution < 1.29 is 24.2 Å². The molecule has 0 unspecified atom stereocenters. The molecule has 0 saturated heterocycles. The Bertz CT molecular complexity index is 884. The van der Waals surface area contributed by atoms with Gasteiger partial charge in [-0.2, -0.15) is 0 Å². The summed E-state index contributed by atoms with van der Waals surface area (Å²) in [6, 6.07) is 3.20. The Morgan fingerprint density at radius 3 is 2.54 bits per heavy atom. The number of nitrogens with one attached hydrogen (secondary N) is 1. The van der Waals surface area contributed by atoms with Crippen LogP contribution in [0.3, 0.4) is 0 Å². The van der Waals surface area contributed by atoms with Crippen LogP contribution in [0.1, 0.15) is 42.4 Å². The monoisotopic (exact) mass is 361 g/mol. The highest BCUT2D eigenvalue weighted by Crippen LogP contribution is 2.28. The Kier molecular flexibility index (Phi) is 6.38. The molecule has 1 amide bonds. The lowest BCUT2D eigenvalue weighted by Crippen LogP contribution is -2.28. The summed E-state index contributed by atoms with van der Waals surface area (Å²) >= 11 is 0. The fourth-order valence-electron chi connectivity index (χ4n) is 2.81. The molecule has 3 N–H and O–H groups in total. The van der Waals surface area contributed by atoms with Crippen molar-refractivity contribution >= 4 is 22.8 Å². The highest BCUT2D eigenvalue weighted by molar-refractivity contribution is 5.87. The third kappa shape index (κ3) is 4.62. The van der Waals surface area contributed by atoms with Crippen LogP contribution in [0.4, 0.5) is 0 Å². The normalized spacial score (nSPS) is 10.8. The van der Waals surface area contributed by atoms with Crippen molar-refractivity contribution in [2.24, 2.45) is 0 Å². The summed E-state index contributed by atoms with van der Waals surface area (Å²) in [6.45, 7) is 3.85. The average Bonchev–Trinajstić information content (AvgIpc) is 2.58. The van der Waals surface area contributed by atoms with Gasteiger partial charge in [0, 0.05) is 23.9 Å². The van der Waals surface area contributed by atoms with Crippen LogP contribution in [0.2, 0.25) is 0 Å². The Labute approximate surface area is 150 Å². The van der Waals surface area contributed by atoms with Gasteiger partial charge in [0.2, 0.25) is 5.91 Å². The molecule has 0 bridgehead atoms. The van der Waals surface area contributed by atoms with Crippen LogP contribution >= 0.6 is 0 Å². The fourth-order valence-corrected chi connectivity index (χ4v) is 2.81. The van der Waals surface area contributed by atoms with Crippen molar-refractivity contribution in [3.8, 4) is 5.75 Å². The maximum Gasteiger partial charge on any atom is 0.340 e.